The zero-order chi connectivity index (χ0) is 23.6. The first-order chi connectivity index (χ1) is 15.0. The molecule has 3 aromatic rings. The lowest BCUT2D eigenvalue weighted by Crippen LogP contribution is -2.08. The maximum atomic E-state index is 14.5. The van der Waals surface area contributed by atoms with Gasteiger partial charge in [0.15, 0.2) is 11.7 Å². The van der Waals surface area contributed by atoms with Gasteiger partial charge in [-0.1, -0.05) is 43.3 Å². The van der Waals surface area contributed by atoms with Gasteiger partial charge in [-0.05, 0) is 47.7 Å². The maximum absolute atomic E-state index is 14.5. The lowest BCUT2D eigenvalue weighted by molar-refractivity contribution is -0.140. The molecule has 0 bridgehead atoms. The average Bonchev–Trinajstić information content (AvgIpc) is 2.72. The molecule has 1 atom stereocenters. The Morgan fingerprint density at radius 2 is 1.38 bits per heavy atom. The maximum Gasteiger partial charge on any atom is 0.419 e. The van der Waals surface area contributed by atoms with Crippen molar-refractivity contribution in [1.82, 2.24) is 0 Å². The van der Waals surface area contributed by atoms with Crippen LogP contribution >= 0.6 is 0 Å². The minimum absolute atomic E-state index is 0.115. The summed E-state index contributed by atoms with van der Waals surface area (Å²) in [6.07, 6.45) is -4.82. The quantitative estimate of drug-likeness (QED) is 0.268. The van der Waals surface area contributed by atoms with Crippen LogP contribution in [0.2, 0.25) is 0 Å². The van der Waals surface area contributed by atoms with Crippen molar-refractivity contribution >= 4 is 11.7 Å². The van der Waals surface area contributed by atoms with E-state index in [4.69, 9.17) is 0 Å². The number of halogens is 8. The summed E-state index contributed by atoms with van der Waals surface area (Å²) in [6.45, 7) is 1.83. The van der Waals surface area contributed by atoms with E-state index in [-0.39, 0.29) is 30.0 Å². The van der Waals surface area contributed by atoms with Crippen molar-refractivity contribution in [3.63, 3.8) is 0 Å². The molecule has 0 saturated heterocycles. The monoisotopic (exact) mass is 456 g/mol. The Labute approximate surface area is 178 Å². The summed E-state index contributed by atoms with van der Waals surface area (Å²) in [7, 11) is 0. The molecule has 0 aromatic heterocycles. The lowest BCUT2D eigenvalue weighted by atomic mass is 9.93. The van der Waals surface area contributed by atoms with Gasteiger partial charge >= 0.3 is 6.18 Å². The van der Waals surface area contributed by atoms with Crippen molar-refractivity contribution < 1.29 is 35.1 Å². The molecule has 0 spiro atoms. The average molecular weight is 456 g/mol. The van der Waals surface area contributed by atoms with Crippen molar-refractivity contribution in [2.24, 2.45) is 0 Å². The second-order valence-corrected chi connectivity index (χ2v) is 7.27. The van der Waals surface area contributed by atoms with Crippen LogP contribution in [0.1, 0.15) is 40.7 Å². The fraction of sp³-hybridized carbons (Fsp3) is 0.167. The van der Waals surface area contributed by atoms with Gasteiger partial charge in [0, 0.05) is 5.56 Å². The van der Waals surface area contributed by atoms with E-state index in [1.165, 1.54) is 0 Å². The standard InChI is InChI=1S/C24H16F8/c1-13(15-5-3-2-4-6-15)9-14-10-19(26)21(20(27)11-14)23(29)22(28)16-7-8-17(18(25)12-16)24(30,31)32/h2-8,10-13H,9H2,1H3. The SMILES string of the molecule is CC(Cc1cc(F)c(C(F)=C(F)c2ccc(C(F)(F)F)c(F)c2)c(F)c1)c1ccccc1. The van der Waals surface area contributed by atoms with Gasteiger partial charge in [0.1, 0.15) is 17.5 Å². The van der Waals surface area contributed by atoms with Crippen molar-refractivity contribution in [2.45, 2.75) is 25.4 Å². The van der Waals surface area contributed by atoms with Gasteiger partial charge in [-0.3, -0.25) is 0 Å². The predicted octanol–water partition coefficient (Wildman–Crippen LogP) is 8.23. The van der Waals surface area contributed by atoms with Gasteiger partial charge in [0.25, 0.3) is 0 Å². The van der Waals surface area contributed by atoms with E-state index >= 15 is 0 Å². The lowest BCUT2D eigenvalue weighted by Gasteiger charge is -2.14. The third-order valence-corrected chi connectivity index (χ3v) is 4.95. The van der Waals surface area contributed by atoms with Crippen LogP contribution in [0.3, 0.4) is 0 Å². The zero-order valence-electron chi connectivity index (χ0n) is 16.6. The normalized spacial score (nSPS) is 13.7. The van der Waals surface area contributed by atoms with Crippen LogP contribution in [0.5, 0.6) is 0 Å². The highest BCUT2D eigenvalue weighted by atomic mass is 19.4. The smallest absolute Gasteiger partial charge is 0.206 e. The molecule has 3 aromatic carbocycles. The van der Waals surface area contributed by atoms with E-state index in [0.717, 1.165) is 17.7 Å². The zero-order valence-corrected chi connectivity index (χ0v) is 16.6. The molecule has 0 saturated carbocycles. The molecular weight excluding hydrogens is 440 g/mol. The van der Waals surface area contributed by atoms with Crippen molar-refractivity contribution in [1.29, 1.82) is 0 Å². The first-order valence-corrected chi connectivity index (χ1v) is 9.44. The van der Waals surface area contributed by atoms with Crippen LogP contribution < -0.4 is 0 Å². The third kappa shape index (κ3) is 5.00. The Bertz CT molecular complexity index is 1120. The Morgan fingerprint density at radius 3 is 1.91 bits per heavy atom. The fourth-order valence-corrected chi connectivity index (χ4v) is 3.32. The minimum Gasteiger partial charge on any atom is -0.206 e. The Kier molecular flexibility index (Phi) is 6.71. The summed E-state index contributed by atoms with van der Waals surface area (Å²) >= 11 is 0. The summed E-state index contributed by atoms with van der Waals surface area (Å²) in [5, 5.41) is 0. The van der Waals surface area contributed by atoms with E-state index in [2.05, 4.69) is 0 Å². The van der Waals surface area contributed by atoms with Crippen LogP contribution in [-0.2, 0) is 12.6 Å². The van der Waals surface area contributed by atoms with Gasteiger partial charge < -0.3 is 0 Å². The molecule has 0 aliphatic heterocycles. The summed E-state index contributed by atoms with van der Waals surface area (Å²) in [5.74, 6) is -8.61. The molecule has 8 heteroatoms. The van der Waals surface area contributed by atoms with E-state index in [0.29, 0.717) is 6.07 Å². The first-order valence-electron chi connectivity index (χ1n) is 9.44. The number of rotatable bonds is 5. The van der Waals surface area contributed by atoms with E-state index in [9.17, 15) is 35.1 Å². The van der Waals surface area contributed by atoms with Crippen LogP contribution in [-0.4, -0.2) is 0 Å². The highest BCUT2D eigenvalue weighted by Gasteiger charge is 2.34. The van der Waals surface area contributed by atoms with Crippen molar-refractivity contribution in [2.75, 3.05) is 0 Å². The van der Waals surface area contributed by atoms with E-state index in [1.54, 1.807) is 0 Å². The first kappa shape index (κ1) is 23.5. The number of alkyl halides is 3. The summed E-state index contributed by atoms with van der Waals surface area (Å²) in [6, 6.07) is 11.6. The van der Waals surface area contributed by atoms with Crippen LogP contribution in [0, 0.1) is 17.5 Å². The molecule has 0 heterocycles. The highest BCUT2D eigenvalue weighted by molar-refractivity contribution is 5.83. The molecule has 3 rings (SSSR count). The summed E-state index contributed by atoms with van der Waals surface area (Å²) < 4.78 is 110. The Morgan fingerprint density at radius 1 is 0.781 bits per heavy atom. The highest BCUT2D eigenvalue weighted by Crippen LogP contribution is 2.36. The van der Waals surface area contributed by atoms with Gasteiger partial charge in [-0.15, -0.1) is 0 Å². The Balaban J connectivity index is 1.93. The van der Waals surface area contributed by atoms with Gasteiger partial charge in [0.2, 0.25) is 0 Å². The molecule has 168 valence electrons. The third-order valence-electron chi connectivity index (χ3n) is 4.95. The van der Waals surface area contributed by atoms with E-state index < -0.39 is 52.0 Å². The molecule has 0 aliphatic rings. The van der Waals surface area contributed by atoms with Gasteiger partial charge in [-0.25, -0.2) is 22.0 Å². The van der Waals surface area contributed by atoms with Gasteiger partial charge in [0.05, 0.1) is 11.1 Å². The summed E-state index contributed by atoms with van der Waals surface area (Å²) in [4.78, 5) is 0. The Hall–Kier alpha value is -3.16. The molecular formula is C24H16F8. The number of benzene rings is 3. The minimum atomic E-state index is -5.04. The van der Waals surface area contributed by atoms with Crippen LogP contribution in [0.25, 0.3) is 11.7 Å². The molecule has 1 unspecified atom stereocenters. The van der Waals surface area contributed by atoms with Crippen LogP contribution in [0.4, 0.5) is 35.1 Å². The largest absolute Gasteiger partial charge is 0.419 e. The number of hydrogen-bond donors (Lipinski definition) is 0. The summed E-state index contributed by atoms with van der Waals surface area (Å²) in [5.41, 5.74) is -2.80. The second kappa shape index (κ2) is 9.14. The fourth-order valence-electron chi connectivity index (χ4n) is 3.32. The topological polar surface area (TPSA) is 0 Å². The molecule has 32 heavy (non-hydrogen) atoms. The molecule has 0 amide bonds. The van der Waals surface area contributed by atoms with Crippen molar-refractivity contribution in [3.8, 4) is 0 Å². The molecule has 0 aliphatic carbocycles. The van der Waals surface area contributed by atoms with Crippen molar-refractivity contribution in [3.05, 3.63) is 106 Å². The molecule has 0 radical (unpaired) electrons. The molecule has 0 fully saturated rings. The molecule has 0 N–H and O–H groups in total. The predicted molar refractivity (Wildman–Crippen MR) is 105 cm³/mol. The number of hydrogen-bond acceptors (Lipinski definition) is 0. The second-order valence-electron chi connectivity index (χ2n) is 7.27. The van der Waals surface area contributed by atoms with E-state index in [1.807, 2.05) is 37.3 Å². The van der Waals surface area contributed by atoms with Gasteiger partial charge in [-0.2, -0.15) is 13.2 Å². The van der Waals surface area contributed by atoms with Crippen LogP contribution in [0.15, 0.2) is 60.7 Å². The molecule has 0 nitrogen and oxygen atoms in total.